The van der Waals surface area contributed by atoms with Crippen molar-refractivity contribution in [3.8, 4) is 11.5 Å². The van der Waals surface area contributed by atoms with Gasteiger partial charge in [-0.15, -0.1) is 0 Å². The Labute approximate surface area is 109 Å². The van der Waals surface area contributed by atoms with Crippen LogP contribution >= 0.6 is 0 Å². The van der Waals surface area contributed by atoms with Crippen molar-refractivity contribution in [2.45, 2.75) is 18.9 Å². The molecule has 1 N–H and O–H groups in total. The van der Waals surface area contributed by atoms with Crippen LogP contribution in [0.25, 0.3) is 0 Å². The largest absolute Gasteiger partial charge is 0.493 e. The third kappa shape index (κ3) is 3.29. The van der Waals surface area contributed by atoms with E-state index in [1.807, 2.05) is 12.1 Å². The van der Waals surface area contributed by atoms with E-state index in [-0.39, 0.29) is 0 Å². The summed E-state index contributed by atoms with van der Waals surface area (Å²) in [6.07, 6.45) is 2.67. The lowest BCUT2D eigenvalue weighted by Crippen LogP contribution is -2.30. The van der Waals surface area contributed by atoms with Crippen LogP contribution in [0.4, 0.5) is 5.69 Å². The van der Waals surface area contributed by atoms with Crippen LogP contribution in [0, 0.1) is 0 Å². The molecule has 0 radical (unpaired) electrons. The lowest BCUT2D eigenvalue weighted by atomic mass is 10.2. The number of nitrogens with one attached hydrogen (secondary N) is 1. The van der Waals surface area contributed by atoms with Gasteiger partial charge in [-0.3, -0.25) is 0 Å². The second-order valence-corrected chi connectivity index (χ2v) is 4.69. The fourth-order valence-electron chi connectivity index (χ4n) is 1.92. The number of likely N-dealkylation sites (N-methyl/N-ethyl adjacent to an activating group) is 1. The van der Waals surface area contributed by atoms with Crippen molar-refractivity contribution in [3.05, 3.63) is 18.2 Å². The molecule has 0 atom stereocenters. The molecule has 0 bridgehead atoms. The topological polar surface area (TPSA) is 33.7 Å². The first-order valence-corrected chi connectivity index (χ1v) is 6.41. The zero-order valence-electron chi connectivity index (χ0n) is 11.4. The molecule has 100 valence electrons. The number of hydrogen-bond acceptors (Lipinski definition) is 4. The SMILES string of the molecule is COc1ccc(N(C)CCNC2CC2)cc1OC. The highest BCUT2D eigenvalue weighted by molar-refractivity contribution is 5.56. The van der Waals surface area contributed by atoms with Crippen LogP contribution in [0.2, 0.25) is 0 Å². The maximum absolute atomic E-state index is 5.31. The van der Waals surface area contributed by atoms with E-state index in [0.717, 1.165) is 36.3 Å². The second kappa shape index (κ2) is 5.96. The molecule has 1 aliphatic carbocycles. The first-order valence-electron chi connectivity index (χ1n) is 6.41. The summed E-state index contributed by atoms with van der Waals surface area (Å²) >= 11 is 0. The first-order chi connectivity index (χ1) is 8.74. The van der Waals surface area contributed by atoms with E-state index in [4.69, 9.17) is 9.47 Å². The van der Waals surface area contributed by atoms with Gasteiger partial charge < -0.3 is 19.7 Å². The highest BCUT2D eigenvalue weighted by Gasteiger charge is 2.19. The molecule has 0 saturated heterocycles. The van der Waals surface area contributed by atoms with Gasteiger partial charge in [0.2, 0.25) is 0 Å². The summed E-state index contributed by atoms with van der Waals surface area (Å²) in [6, 6.07) is 6.77. The third-order valence-electron chi connectivity index (χ3n) is 3.27. The maximum Gasteiger partial charge on any atom is 0.162 e. The minimum absolute atomic E-state index is 0.767. The summed E-state index contributed by atoms with van der Waals surface area (Å²) in [5.74, 6) is 1.54. The average molecular weight is 250 g/mol. The number of anilines is 1. The minimum atomic E-state index is 0.767. The molecule has 0 spiro atoms. The molecule has 0 aromatic heterocycles. The first kappa shape index (κ1) is 13.0. The van der Waals surface area contributed by atoms with Gasteiger partial charge in [-0.1, -0.05) is 0 Å². The average Bonchev–Trinajstić information content (AvgIpc) is 3.21. The molecule has 4 nitrogen and oxygen atoms in total. The van der Waals surface area contributed by atoms with Gasteiger partial charge in [-0.05, 0) is 25.0 Å². The monoisotopic (exact) mass is 250 g/mol. The van der Waals surface area contributed by atoms with Crippen LogP contribution in [-0.2, 0) is 0 Å². The summed E-state index contributed by atoms with van der Waals surface area (Å²) in [7, 11) is 5.41. The zero-order chi connectivity index (χ0) is 13.0. The summed E-state index contributed by atoms with van der Waals surface area (Å²) in [5.41, 5.74) is 1.14. The molecule has 1 saturated carbocycles. The zero-order valence-corrected chi connectivity index (χ0v) is 11.4. The second-order valence-electron chi connectivity index (χ2n) is 4.69. The summed E-state index contributed by atoms with van der Waals surface area (Å²) in [5, 5.41) is 3.51. The Hall–Kier alpha value is -1.42. The van der Waals surface area contributed by atoms with E-state index in [1.54, 1.807) is 14.2 Å². The van der Waals surface area contributed by atoms with Crippen molar-refractivity contribution in [2.24, 2.45) is 0 Å². The normalized spacial score (nSPS) is 14.4. The lowest BCUT2D eigenvalue weighted by molar-refractivity contribution is 0.355. The van der Waals surface area contributed by atoms with E-state index in [1.165, 1.54) is 12.8 Å². The number of hydrogen-bond donors (Lipinski definition) is 1. The summed E-state index contributed by atoms with van der Waals surface area (Å²) in [4.78, 5) is 2.22. The summed E-state index contributed by atoms with van der Waals surface area (Å²) in [6.45, 7) is 2.02. The van der Waals surface area contributed by atoms with Gasteiger partial charge >= 0.3 is 0 Å². The fourth-order valence-corrected chi connectivity index (χ4v) is 1.92. The molecular formula is C14H22N2O2. The molecule has 4 heteroatoms. The van der Waals surface area contributed by atoms with E-state index in [9.17, 15) is 0 Å². The number of benzene rings is 1. The van der Waals surface area contributed by atoms with E-state index in [2.05, 4.69) is 23.3 Å². The van der Waals surface area contributed by atoms with Crippen LogP contribution in [0.3, 0.4) is 0 Å². The van der Waals surface area contributed by atoms with Gasteiger partial charge in [0.15, 0.2) is 11.5 Å². The highest BCUT2D eigenvalue weighted by atomic mass is 16.5. The van der Waals surface area contributed by atoms with Gasteiger partial charge in [0, 0.05) is 37.9 Å². The van der Waals surface area contributed by atoms with Crippen LogP contribution in [0.15, 0.2) is 18.2 Å². The smallest absolute Gasteiger partial charge is 0.162 e. The van der Waals surface area contributed by atoms with Crippen LogP contribution in [0.5, 0.6) is 11.5 Å². The molecule has 1 fully saturated rings. The van der Waals surface area contributed by atoms with E-state index in [0.29, 0.717) is 0 Å². The molecule has 18 heavy (non-hydrogen) atoms. The summed E-state index contributed by atoms with van der Waals surface area (Å²) < 4.78 is 10.5. The Bertz CT molecular complexity index is 391. The Balaban J connectivity index is 1.93. The Morgan fingerprint density at radius 2 is 1.94 bits per heavy atom. The van der Waals surface area contributed by atoms with Crippen molar-refractivity contribution in [2.75, 3.05) is 39.3 Å². The molecule has 2 rings (SSSR count). The van der Waals surface area contributed by atoms with Crippen LogP contribution in [-0.4, -0.2) is 40.4 Å². The Kier molecular flexibility index (Phi) is 4.31. The van der Waals surface area contributed by atoms with Crippen molar-refractivity contribution in [3.63, 3.8) is 0 Å². The third-order valence-corrected chi connectivity index (χ3v) is 3.27. The number of methoxy groups -OCH3 is 2. The molecule has 1 aromatic carbocycles. The van der Waals surface area contributed by atoms with E-state index < -0.39 is 0 Å². The molecule has 0 heterocycles. The molecule has 1 aromatic rings. The lowest BCUT2D eigenvalue weighted by Gasteiger charge is -2.21. The van der Waals surface area contributed by atoms with Gasteiger partial charge in [0.05, 0.1) is 14.2 Å². The number of nitrogens with zero attached hydrogens (tertiary/aromatic N) is 1. The van der Waals surface area contributed by atoms with Gasteiger partial charge in [0.1, 0.15) is 0 Å². The van der Waals surface area contributed by atoms with Crippen molar-refractivity contribution in [1.29, 1.82) is 0 Å². The number of ether oxygens (including phenoxy) is 2. The molecule has 0 unspecified atom stereocenters. The van der Waals surface area contributed by atoms with Crippen molar-refractivity contribution < 1.29 is 9.47 Å². The predicted molar refractivity (Wildman–Crippen MR) is 73.8 cm³/mol. The number of rotatable bonds is 7. The van der Waals surface area contributed by atoms with E-state index >= 15 is 0 Å². The molecule has 0 amide bonds. The fraction of sp³-hybridized carbons (Fsp3) is 0.571. The quantitative estimate of drug-likeness (QED) is 0.801. The minimum Gasteiger partial charge on any atom is -0.493 e. The van der Waals surface area contributed by atoms with Crippen molar-refractivity contribution in [1.82, 2.24) is 5.32 Å². The van der Waals surface area contributed by atoms with Crippen LogP contribution < -0.4 is 19.7 Å². The molecule has 1 aliphatic rings. The highest BCUT2D eigenvalue weighted by Crippen LogP contribution is 2.30. The molecular weight excluding hydrogens is 228 g/mol. The van der Waals surface area contributed by atoms with Crippen LogP contribution in [0.1, 0.15) is 12.8 Å². The maximum atomic E-state index is 5.31. The molecule has 0 aliphatic heterocycles. The Morgan fingerprint density at radius 3 is 2.56 bits per heavy atom. The van der Waals surface area contributed by atoms with Crippen molar-refractivity contribution >= 4 is 5.69 Å². The predicted octanol–water partition coefficient (Wildman–Crippen LogP) is 1.89. The Morgan fingerprint density at radius 1 is 1.22 bits per heavy atom. The van der Waals surface area contributed by atoms with Gasteiger partial charge in [-0.25, -0.2) is 0 Å². The van der Waals surface area contributed by atoms with Gasteiger partial charge in [-0.2, -0.15) is 0 Å². The van der Waals surface area contributed by atoms with Gasteiger partial charge in [0.25, 0.3) is 0 Å². The standard InChI is InChI=1S/C14H22N2O2/c1-16(9-8-15-11-4-5-11)12-6-7-13(17-2)14(10-12)18-3/h6-7,10-11,15H,4-5,8-9H2,1-3H3.